The molecule has 240 valence electrons. The second-order valence-electron chi connectivity index (χ2n) is 12.9. The van der Waals surface area contributed by atoms with Crippen LogP contribution in [0.1, 0.15) is 127 Å². The largest absolute Gasteiger partial charge is 0.298 e. The fourth-order valence-electron chi connectivity index (χ4n) is 7.07. The molecule has 3 aromatic heterocycles. The number of hydrogen-bond acceptors (Lipinski definition) is 1. The SMILES string of the molecule is CC.CCC.CCC.CCC1(C)c2cc(C)c(-n3nc(C)cc3C)c3c4cc(C)cc(C)c4n4c(C)c(C)[n+](c4c23)[C@@]1(C)F. The summed E-state index contributed by atoms with van der Waals surface area (Å²) < 4.78 is 23.7. The molecule has 4 nitrogen and oxygen atoms in total. The highest BCUT2D eigenvalue weighted by molar-refractivity contribution is 6.18. The van der Waals surface area contributed by atoms with E-state index in [0.29, 0.717) is 6.42 Å². The maximum Gasteiger partial charge on any atom is 0.298 e. The molecule has 44 heavy (non-hydrogen) atoms. The summed E-state index contributed by atoms with van der Waals surface area (Å²) in [7, 11) is 0. The lowest BCUT2D eigenvalue weighted by Crippen LogP contribution is -2.65. The lowest BCUT2D eigenvalue weighted by molar-refractivity contribution is -0.784. The van der Waals surface area contributed by atoms with Crippen molar-refractivity contribution in [1.82, 2.24) is 14.2 Å². The Hall–Kier alpha value is -3.21. The van der Waals surface area contributed by atoms with Crippen molar-refractivity contribution < 1.29 is 8.96 Å². The molecule has 5 heteroatoms. The molecule has 1 aliphatic heterocycles. The first-order chi connectivity index (χ1) is 20.7. The van der Waals surface area contributed by atoms with Gasteiger partial charge >= 0.3 is 0 Å². The molecule has 6 rings (SSSR count). The molecule has 0 saturated heterocycles. The van der Waals surface area contributed by atoms with Gasteiger partial charge in [0, 0.05) is 37.2 Å². The van der Waals surface area contributed by atoms with E-state index >= 15 is 4.39 Å². The Balaban J connectivity index is 0.000000603. The molecular weight excluding hydrogens is 543 g/mol. The summed E-state index contributed by atoms with van der Waals surface area (Å²) in [6.07, 6.45) is 3.20. The highest BCUT2D eigenvalue weighted by Gasteiger charge is 2.57. The molecule has 0 amide bonds. The van der Waals surface area contributed by atoms with Gasteiger partial charge < -0.3 is 0 Å². The maximum atomic E-state index is 17.3. The van der Waals surface area contributed by atoms with Crippen molar-refractivity contribution in [2.45, 2.75) is 141 Å². The zero-order valence-electron chi connectivity index (χ0n) is 30.6. The summed E-state index contributed by atoms with van der Waals surface area (Å²) in [6.45, 7) is 33.3. The number of aryl methyl sites for hydroxylation is 6. The van der Waals surface area contributed by atoms with E-state index in [1.54, 1.807) is 6.92 Å². The van der Waals surface area contributed by atoms with Crippen molar-refractivity contribution >= 4 is 27.3 Å². The van der Waals surface area contributed by atoms with Crippen LogP contribution in [0.2, 0.25) is 0 Å². The van der Waals surface area contributed by atoms with Crippen molar-refractivity contribution in [2.24, 2.45) is 0 Å². The highest BCUT2D eigenvalue weighted by atomic mass is 19.1. The number of alkyl halides is 1. The Labute approximate surface area is 266 Å². The van der Waals surface area contributed by atoms with Crippen molar-refractivity contribution in [1.29, 1.82) is 0 Å². The number of rotatable bonds is 2. The lowest BCUT2D eigenvalue weighted by atomic mass is 9.68. The van der Waals surface area contributed by atoms with Gasteiger partial charge in [-0.05, 0) is 82.3 Å². The normalized spacial score (nSPS) is 18.6. The van der Waals surface area contributed by atoms with Gasteiger partial charge in [-0.3, -0.25) is 0 Å². The van der Waals surface area contributed by atoms with Crippen molar-refractivity contribution in [3.63, 3.8) is 0 Å². The highest BCUT2D eigenvalue weighted by Crippen LogP contribution is 2.52. The minimum Gasteiger partial charge on any atom is -0.237 e. The molecule has 0 spiro atoms. The van der Waals surface area contributed by atoms with E-state index in [1.165, 1.54) is 34.7 Å². The zero-order valence-corrected chi connectivity index (χ0v) is 30.6. The summed E-state index contributed by atoms with van der Waals surface area (Å²) in [4.78, 5) is 0. The van der Waals surface area contributed by atoms with Gasteiger partial charge in [0.1, 0.15) is 16.9 Å². The average Bonchev–Trinajstić information content (AvgIpc) is 3.43. The molecule has 0 radical (unpaired) electrons. The number of fused-ring (bicyclic) bond motifs is 3. The van der Waals surface area contributed by atoms with E-state index in [9.17, 15) is 0 Å². The Morgan fingerprint density at radius 3 is 1.86 bits per heavy atom. The predicted molar refractivity (Wildman–Crippen MR) is 189 cm³/mol. The molecule has 1 unspecified atom stereocenters. The van der Waals surface area contributed by atoms with E-state index in [0.717, 1.165) is 56.1 Å². The molecule has 2 atom stereocenters. The van der Waals surface area contributed by atoms with Crippen LogP contribution in [0.4, 0.5) is 4.39 Å². The lowest BCUT2D eigenvalue weighted by Gasteiger charge is -2.42. The number of imidazole rings is 1. The number of aromatic nitrogens is 4. The van der Waals surface area contributed by atoms with Gasteiger partial charge in [-0.2, -0.15) is 18.5 Å². The Morgan fingerprint density at radius 2 is 1.36 bits per heavy atom. The predicted octanol–water partition coefficient (Wildman–Crippen LogP) is 11.1. The van der Waals surface area contributed by atoms with E-state index in [1.807, 2.05) is 25.3 Å². The zero-order chi connectivity index (χ0) is 33.5. The van der Waals surface area contributed by atoms with Gasteiger partial charge in [-0.1, -0.05) is 73.4 Å². The number of halogens is 1. The summed E-state index contributed by atoms with van der Waals surface area (Å²) in [5.74, 6) is -1.58. The first-order valence-electron chi connectivity index (χ1n) is 16.8. The maximum absolute atomic E-state index is 17.3. The van der Waals surface area contributed by atoms with E-state index in [2.05, 4.69) is 116 Å². The monoisotopic (exact) mass is 601 g/mol. The minimum absolute atomic E-state index is 0.688. The number of nitrogens with zero attached hydrogens (tertiary/aromatic N) is 4. The third-order valence-electron chi connectivity index (χ3n) is 9.22. The summed E-state index contributed by atoms with van der Waals surface area (Å²) in [6, 6.07) is 8.91. The average molecular weight is 602 g/mol. The van der Waals surface area contributed by atoms with Gasteiger partial charge in [0.2, 0.25) is 0 Å². The second-order valence-corrected chi connectivity index (χ2v) is 12.9. The van der Waals surface area contributed by atoms with Gasteiger partial charge in [0.05, 0.1) is 22.2 Å². The van der Waals surface area contributed by atoms with Gasteiger partial charge in [-0.15, -0.1) is 0 Å². The van der Waals surface area contributed by atoms with E-state index < -0.39 is 11.2 Å². The summed E-state index contributed by atoms with van der Waals surface area (Å²) >= 11 is 0. The van der Waals surface area contributed by atoms with Crippen LogP contribution in [-0.4, -0.2) is 14.2 Å². The van der Waals surface area contributed by atoms with E-state index in [-0.39, 0.29) is 0 Å². The number of benzene rings is 2. The van der Waals surface area contributed by atoms with Gasteiger partial charge in [-0.25, -0.2) is 4.68 Å². The fraction of sp³-hybridized carbons (Fsp3) is 0.538. The molecule has 0 fully saturated rings. The Bertz CT molecular complexity index is 1820. The number of hydrogen-bond donors (Lipinski definition) is 0. The quantitative estimate of drug-likeness (QED) is 0.146. The molecule has 2 aromatic carbocycles. The van der Waals surface area contributed by atoms with Crippen molar-refractivity contribution in [2.75, 3.05) is 0 Å². The molecule has 0 bridgehead atoms. The van der Waals surface area contributed by atoms with Gasteiger partial charge in [0.15, 0.2) is 0 Å². The smallest absolute Gasteiger partial charge is 0.237 e. The standard InChI is InChI=1S/C31H36FN4.2C3H8.C2H6/c1-11-30(9)24-14-18(4)28(36-20(6)15-19(5)33-36)25-23-13-16(2)12-17(3)27(23)34-21(7)22(8)35(31(30,10)32)29(34)26(24)25;2*1-3-2;1-2/h12-15H,11H2,1-10H3;2*3H2,1-2H3;1-2H3/q+1;;;/t30?,31-;;;/m1.../s1. The van der Waals surface area contributed by atoms with Crippen molar-refractivity contribution in [3.05, 3.63) is 69.3 Å². The molecule has 0 N–H and O–H groups in total. The van der Waals surface area contributed by atoms with Crippen molar-refractivity contribution in [3.8, 4) is 5.69 Å². The van der Waals surface area contributed by atoms with Gasteiger partial charge in [0.25, 0.3) is 11.4 Å². The topological polar surface area (TPSA) is 26.1 Å². The third-order valence-corrected chi connectivity index (χ3v) is 9.22. The first kappa shape index (κ1) is 35.3. The molecule has 4 heterocycles. The fourth-order valence-corrected chi connectivity index (χ4v) is 7.07. The number of pyridine rings is 1. The summed E-state index contributed by atoms with van der Waals surface area (Å²) in [5.41, 5.74) is 11.3. The molecule has 0 aliphatic carbocycles. The molecule has 1 aliphatic rings. The van der Waals surface area contributed by atoms with E-state index in [4.69, 9.17) is 5.10 Å². The minimum atomic E-state index is -1.58. The molecule has 0 saturated carbocycles. The van der Waals surface area contributed by atoms with Crippen LogP contribution in [0.25, 0.3) is 33.0 Å². The molecule has 5 aromatic rings. The first-order valence-corrected chi connectivity index (χ1v) is 16.8. The van der Waals surface area contributed by atoms with Crippen LogP contribution in [0, 0.1) is 48.5 Å². The Morgan fingerprint density at radius 1 is 0.795 bits per heavy atom. The van der Waals surface area contributed by atoms with Crippen LogP contribution in [0.15, 0.2) is 24.3 Å². The van der Waals surface area contributed by atoms with Crippen LogP contribution in [-0.2, 0) is 11.2 Å². The van der Waals surface area contributed by atoms with Crippen LogP contribution in [0.5, 0.6) is 0 Å². The second kappa shape index (κ2) is 13.0. The van der Waals surface area contributed by atoms with Crippen LogP contribution in [0.3, 0.4) is 0 Å². The van der Waals surface area contributed by atoms with Crippen LogP contribution < -0.4 is 4.57 Å². The third kappa shape index (κ3) is 5.04. The van der Waals surface area contributed by atoms with Crippen LogP contribution >= 0.6 is 0 Å². The molecular formula is C39H58FN4+. The Kier molecular flexibility index (Phi) is 10.4. The summed E-state index contributed by atoms with van der Waals surface area (Å²) in [5, 5.41) is 8.46.